The van der Waals surface area contributed by atoms with Gasteiger partial charge in [0, 0.05) is 22.2 Å². The van der Waals surface area contributed by atoms with Crippen molar-refractivity contribution in [2.24, 2.45) is 4.99 Å². The summed E-state index contributed by atoms with van der Waals surface area (Å²) in [4.78, 5) is 32.0. The molecule has 174 valence electrons. The lowest BCUT2D eigenvalue weighted by Gasteiger charge is -2.23. The van der Waals surface area contributed by atoms with Gasteiger partial charge in [0.1, 0.15) is 24.6 Å². The Balaban J connectivity index is 1.65. The molecule has 1 aliphatic rings. The van der Waals surface area contributed by atoms with E-state index < -0.39 is 5.91 Å². The summed E-state index contributed by atoms with van der Waals surface area (Å²) in [5.74, 6) is 0.0376. The number of halogens is 2. The van der Waals surface area contributed by atoms with Gasteiger partial charge < -0.3 is 19.7 Å². The van der Waals surface area contributed by atoms with Gasteiger partial charge in [-0.1, -0.05) is 53.5 Å². The second-order valence-corrected chi connectivity index (χ2v) is 8.25. The number of carbonyl (C=O) groups excluding carboxylic acids is 2. The second-order valence-electron chi connectivity index (χ2n) is 7.41. The van der Waals surface area contributed by atoms with E-state index in [2.05, 4.69) is 10.3 Å². The highest BCUT2D eigenvalue weighted by Crippen LogP contribution is 2.36. The SMILES string of the molecule is COc1cc(OC)c(NC(=O)CN2C(=O)CN=C(c3ccccc3)c3cc(Cl)ccc32)cc1Cl. The Kier molecular flexibility index (Phi) is 7.05. The van der Waals surface area contributed by atoms with E-state index in [-0.39, 0.29) is 19.0 Å². The van der Waals surface area contributed by atoms with Crippen molar-refractivity contribution < 1.29 is 19.1 Å². The number of nitrogens with one attached hydrogen (secondary N) is 1. The smallest absolute Gasteiger partial charge is 0.249 e. The number of aliphatic imine (C=N–C) groups is 1. The number of rotatable bonds is 6. The summed E-state index contributed by atoms with van der Waals surface area (Å²) < 4.78 is 10.5. The van der Waals surface area contributed by atoms with Gasteiger partial charge in [0.05, 0.1) is 36.3 Å². The molecule has 2 amide bonds. The molecular formula is C25H21Cl2N3O4. The third kappa shape index (κ3) is 4.85. The lowest BCUT2D eigenvalue weighted by Crippen LogP contribution is -2.39. The Bertz CT molecular complexity index is 1280. The average Bonchev–Trinajstić information content (AvgIpc) is 2.96. The molecule has 0 bridgehead atoms. The van der Waals surface area contributed by atoms with Crippen LogP contribution in [-0.4, -0.2) is 44.8 Å². The van der Waals surface area contributed by atoms with Gasteiger partial charge in [-0.2, -0.15) is 0 Å². The van der Waals surface area contributed by atoms with Crippen LogP contribution < -0.4 is 19.7 Å². The van der Waals surface area contributed by atoms with Crippen molar-refractivity contribution in [1.29, 1.82) is 0 Å². The van der Waals surface area contributed by atoms with Crippen LogP contribution in [0.3, 0.4) is 0 Å². The van der Waals surface area contributed by atoms with Crippen molar-refractivity contribution in [3.05, 3.63) is 81.8 Å². The molecule has 0 spiro atoms. The van der Waals surface area contributed by atoms with Gasteiger partial charge >= 0.3 is 0 Å². The third-order valence-corrected chi connectivity index (χ3v) is 5.81. The van der Waals surface area contributed by atoms with E-state index in [1.165, 1.54) is 25.2 Å². The molecule has 0 saturated heterocycles. The van der Waals surface area contributed by atoms with Gasteiger partial charge in [0.15, 0.2) is 0 Å². The fraction of sp³-hybridized carbons (Fsp3) is 0.160. The first-order valence-electron chi connectivity index (χ1n) is 10.3. The Morgan fingerprint density at radius 3 is 2.47 bits per heavy atom. The predicted molar refractivity (Wildman–Crippen MR) is 134 cm³/mol. The Hall–Kier alpha value is -3.55. The minimum atomic E-state index is -0.433. The summed E-state index contributed by atoms with van der Waals surface area (Å²) in [6.07, 6.45) is 0. The summed E-state index contributed by atoms with van der Waals surface area (Å²) in [5, 5.41) is 3.57. The van der Waals surface area contributed by atoms with Crippen molar-refractivity contribution in [3.8, 4) is 11.5 Å². The first-order chi connectivity index (χ1) is 16.4. The molecule has 0 saturated carbocycles. The lowest BCUT2D eigenvalue weighted by molar-refractivity contribution is -0.120. The van der Waals surface area contributed by atoms with Crippen molar-refractivity contribution >= 4 is 52.1 Å². The highest BCUT2D eigenvalue weighted by atomic mass is 35.5. The number of carbonyl (C=O) groups is 2. The number of methoxy groups -OCH3 is 2. The molecule has 7 nitrogen and oxygen atoms in total. The van der Waals surface area contributed by atoms with Crippen molar-refractivity contribution in [2.45, 2.75) is 0 Å². The van der Waals surface area contributed by atoms with E-state index in [0.717, 1.165) is 5.56 Å². The molecule has 0 aromatic heterocycles. The molecule has 3 aromatic carbocycles. The largest absolute Gasteiger partial charge is 0.495 e. The summed E-state index contributed by atoms with van der Waals surface area (Å²) in [6, 6.07) is 17.8. The quantitative estimate of drug-likeness (QED) is 0.528. The van der Waals surface area contributed by atoms with Crippen molar-refractivity contribution in [2.75, 3.05) is 37.5 Å². The normalized spacial score (nSPS) is 13.0. The monoisotopic (exact) mass is 497 g/mol. The highest BCUT2D eigenvalue weighted by molar-refractivity contribution is 6.33. The fourth-order valence-electron chi connectivity index (χ4n) is 3.69. The predicted octanol–water partition coefficient (Wildman–Crippen LogP) is 4.83. The Morgan fingerprint density at radius 2 is 1.76 bits per heavy atom. The second kappa shape index (κ2) is 10.2. The zero-order valence-corrected chi connectivity index (χ0v) is 20.0. The van der Waals surface area contributed by atoms with Gasteiger partial charge in [-0.25, -0.2) is 0 Å². The molecule has 1 N–H and O–H groups in total. The topological polar surface area (TPSA) is 80.2 Å². The average molecular weight is 498 g/mol. The van der Waals surface area contributed by atoms with Gasteiger partial charge in [-0.05, 0) is 24.3 Å². The number of benzene rings is 3. The van der Waals surface area contributed by atoms with E-state index in [1.54, 1.807) is 24.3 Å². The van der Waals surface area contributed by atoms with Crippen LogP contribution in [0.25, 0.3) is 0 Å². The van der Waals surface area contributed by atoms with E-state index in [1.807, 2.05) is 30.3 Å². The number of amides is 2. The molecule has 34 heavy (non-hydrogen) atoms. The van der Waals surface area contributed by atoms with E-state index in [0.29, 0.717) is 44.2 Å². The molecular weight excluding hydrogens is 477 g/mol. The van der Waals surface area contributed by atoms with E-state index in [9.17, 15) is 9.59 Å². The van der Waals surface area contributed by atoms with E-state index >= 15 is 0 Å². The summed E-state index contributed by atoms with van der Waals surface area (Å²) in [6.45, 7) is -0.348. The molecule has 0 fully saturated rings. The molecule has 0 unspecified atom stereocenters. The number of fused-ring (bicyclic) bond motifs is 1. The minimum Gasteiger partial charge on any atom is -0.495 e. The summed E-state index contributed by atoms with van der Waals surface area (Å²) >= 11 is 12.5. The molecule has 4 rings (SSSR count). The molecule has 9 heteroatoms. The zero-order chi connectivity index (χ0) is 24.2. The molecule has 0 aliphatic carbocycles. The number of hydrogen-bond acceptors (Lipinski definition) is 5. The van der Waals surface area contributed by atoms with Crippen LogP contribution in [0.1, 0.15) is 11.1 Å². The molecule has 0 radical (unpaired) electrons. The van der Waals surface area contributed by atoms with E-state index in [4.69, 9.17) is 32.7 Å². The van der Waals surface area contributed by atoms with Crippen LogP contribution in [0.15, 0.2) is 65.7 Å². The maximum absolute atomic E-state index is 13.0. The third-order valence-electron chi connectivity index (χ3n) is 5.27. The molecule has 3 aromatic rings. The maximum Gasteiger partial charge on any atom is 0.249 e. The number of hydrogen-bond donors (Lipinski definition) is 1. The first kappa shape index (κ1) is 23.6. The minimum absolute atomic E-state index is 0.110. The van der Waals surface area contributed by atoms with Crippen LogP contribution in [-0.2, 0) is 9.59 Å². The zero-order valence-electron chi connectivity index (χ0n) is 18.5. The number of nitrogens with zero attached hydrogens (tertiary/aromatic N) is 2. The van der Waals surface area contributed by atoms with Crippen LogP contribution in [0.2, 0.25) is 10.0 Å². The van der Waals surface area contributed by atoms with Crippen LogP contribution in [0, 0.1) is 0 Å². The molecule has 1 heterocycles. The summed E-state index contributed by atoms with van der Waals surface area (Å²) in [7, 11) is 2.96. The number of benzodiazepines with no additional fused rings is 1. The van der Waals surface area contributed by atoms with Gasteiger partial charge in [-0.15, -0.1) is 0 Å². The molecule has 0 atom stereocenters. The van der Waals surface area contributed by atoms with Gasteiger partial charge in [-0.3, -0.25) is 14.6 Å². The van der Waals surface area contributed by atoms with Crippen molar-refractivity contribution in [3.63, 3.8) is 0 Å². The molecule has 1 aliphatic heterocycles. The van der Waals surface area contributed by atoms with Crippen LogP contribution >= 0.6 is 23.2 Å². The lowest BCUT2D eigenvalue weighted by atomic mass is 10.00. The Morgan fingerprint density at radius 1 is 1.03 bits per heavy atom. The van der Waals surface area contributed by atoms with Gasteiger partial charge in [0.2, 0.25) is 11.8 Å². The fourth-order valence-corrected chi connectivity index (χ4v) is 4.11. The highest BCUT2D eigenvalue weighted by Gasteiger charge is 2.27. The van der Waals surface area contributed by atoms with Crippen LogP contribution in [0.4, 0.5) is 11.4 Å². The number of ether oxygens (including phenoxy) is 2. The first-order valence-corrected chi connectivity index (χ1v) is 11.1. The standard InChI is InChI=1S/C25H21Cl2N3O4/c1-33-21-12-22(34-2)19(11-18(21)27)29-23(31)14-30-20-9-8-16(26)10-17(20)25(28-13-24(30)32)15-6-4-3-5-7-15/h3-12H,13-14H2,1-2H3,(H,29,31). The van der Waals surface area contributed by atoms with Gasteiger partial charge in [0.25, 0.3) is 0 Å². The number of anilines is 2. The Labute approximate surface area is 206 Å². The van der Waals surface area contributed by atoms with Crippen molar-refractivity contribution in [1.82, 2.24) is 0 Å². The van der Waals surface area contributed by atoms with Crippen LogP contribution in [0.5, 0.6) is 11.5 Å². The maximum atomic E-state index is 13.0. The summed E-state index contributed by atoms with van der Waals surface area (Å²) in [5.41, 5.74) is 3.06.